The fraction of sp³-hybridized carbons (Fsp3) is 0.385. The molecule has 1 aromatic carbocycles. The summed E-state index contributed by atoms with van der Waals surface area (Å²) in [5, 5.41) is 0. The summed E-state index contributed by atoms with van der Waals surface area (Å²) in [6.45, 7) is 3.98. The Kier molecular flexibility index (Phi) is 4.38. The predicted octanol–water partition coefficient (Wildman–Crippen LogP) is 2.45. The van der Waals surface area contributed by atoms with Crippen LogP contribution in [0.25, 0.3) is 6.08 Å². The molecule has 0 aliphatic carbocycles. The van der Waals surface area contributed by atoms with Crippen molar-refractivity contribution in [1.82, 2.24) is 0 Å². The van der Waals surface area contributed by atoms with E-state index >= 15 is 0 Å². The van der Waals surface area contributed by atoms with Crippen LogP contribution in [0, 0.1) is 0 Å². The van der Waals surface area contributed by atoms with Crippen molar-refractivity contribution in [2.45, 2.75) is 19.9 Å². The molecule has 0 radical (unpaired) electrons. The van der Waals surface area contributed by atoms with Crippen LogP contribution in [-0.4, -0.2) is 20.3 Å². The van der Waals surface area contributed by atoms with Crippen molar-refractivity contribution in [3.05, 3.63) is 29.3 Å². The summed E-state index contributed by atoms with van der Waals surface area (Å²) in [5.74, 6) is 1.46. The normalized spacial score (nSPS) is 13.4. The summed E-state index contributed by atoms with van der Waals surface area (Å²) in [7, 11) is 3.25. The molecule has 0 heterocycles. The quantitative estimate of drug-likeness (QED) is 0.849. The van der Waals surface area contributed by atoms with E-state index in [1.54, 1.807) is 14.2 Å². The molecule has 0 aliphatic heterocycles. The first kappa shape index (κ1) is 12.6. The lowest BCUT2D eigenvalue weighted by Gasteiger charge is -2.09. The summed E-state index contributed by atoms with van der Waals surface area (Å²) in [6.07, 6.45) is 2.05. The average Bonchev–Trinajstić information content (AvgIpc) is 2.28. The van der Waals surface area contributed by atoms with Crippen molar-refractivity contribution in [1.29, 1.82) is 0 Å². The first-order chi connectivity index (χ1) is 7.58. The van der Waals surface area contributed by atoms with Crippen LogP contribution in [0.2, 0.25) is 0 Å². The van der Waals surface area contributed by atoms with Crippen LogP contribution in [0.5, 0.6) is 11.5 Å². The molecule has 0 aromatic heterocycles. The van der Waals surface area contributed by atoms with Crippen molar-refractivity contribution in [2.75, 3.05) is 14.2 Å². The maximum Gasteiger partial charge on any atom is 0.161 e. The van der Waals surface area contributed by atoms with Gasteiger partial charge in [-0.25, -0.2) is 0 Å². The highest BCUT2D eigenvalue weighted by Crippen LogP contribution is 2.28. The van der Waals surface area contributed by atoms with E-state index in [9.17, 15) is 0 Å². The summed E-state index contributed by atoms with van der Waals surface area (Å²) in [4.78, 5) is 0. The van der Waals surface area contributed by atoms with Crippen molar-refractivity contribution in [3.63, 3.8) is 0 Å². The topological polar surface area (TPSA) is 44.5 Å². The van der Waals surface area contributed by atoms with Gasteiger partial charge in [-0.1, -0.05) is 17.7 Å². The molecular formula is C13H19NO2. The fourth-order valence-corrected chi connectivity index (χ4v) is 1.34. The molecule has 1 atom stereocenters. The Balaban J connectivity index is 3.04. The van der Waals surface area contributed by atoms with E-state index in [-0.39, 0.29) is 6.04 Å². The molecule has 1 rings (SSSR count). The van der Waals surface area contributed by atoms with Crippen LogP contribution in [0.15, 0.2) is 23.8 Å². The van der Waals surface area contributed by atoms with Crippen molar-refractivity contribution < 1.29 is 9.47 Å². The molecular weight excluding hydrogens is 202 g/mol. The highest BCUT2D eigenvalue weighted by Gasteiger charge is 2.04. The third kappa shape index (κ3) is 3.00. The van der Waals surface area contributed by atoms with E-state index in [0.717, 1.165) is 22.6 Å². The second-order valence-electron chi connectivity index (χ2n) is 3.79. The van der Waals surface area contributed by atoms with Gasteiger partial charge in [0.1, 0.15) is 0 Å². The van der Waals surface area contributed by atoms with E-state index in [0.29, 0.717) is 0 Å². The number of hydrogen-bond acceptors (Lipinski definition) is 3. The first-order valence-electron chi connectivity index (χ1n) is 5.24. The zero-order valence-electron chi connectivity index (χ0n) is 10.3. The van der Waals surface area contributed by atoms with Gasteiger partial charge in [0.15, 0.2) is 11.5 Å². The maximum absolute atomic E-state index is 5.79. The average molecular weight is 221 g/mol. The Bertz CT molecular complexity index is 384. The summed E-state index contributed by atoms with van der Waals surface area (Å²) < 4.78 is 10.4. The van der Waals surface area contributed by atoms with Crippen LogP contribution < -0.4 is 15.2 Å². The number of hydrogen-bond donors (Lipinski definition) is 1. The summed E-state index contributed by atoms with van der Waals surface area (Å²) >= 11 is 0. The Morgan fingerprint density at radius 2 is 1.88 bits per heavy atom. The van der Waals surface area contributed by atoms with Crippen LogP contribution in [0.3, 0.4) is 0 Å². The first-order valence-corrected chi connectivity index (χ1v) is 5.24. The SMILES string of the molecule is COc1ccc(/C=C(/C)C(C)N)cc1OC. The van der Waals surface area contributed by atoms with Gasteiger partial charge >= 0.3 is 0 Å². The zero-order chi connectivity index (χ0) is 12.1. The molecule has 2 N–H and O–H groups in total. The van der Waals surface area contributed by atoms with Crippen molar-refractivity contribution in [3.8, 4) is 11.5 Å². The van der Waals surface area contributed by atoms with Crippen LogP contribution in [0.1, 0.15) is 19.4 Å². The number of benzene rings is 1. The smallest absolute Gasteiger partial charge is 0.161 e. The number of ether oxygens (including phenoxy) is 2. The van der Waals surface area contributed by atoms with Gasteiger partial charge in [0, 0.05) is 6.04 Å². The van der Waals surface area contributed by atoms with Gasteiger partial charge in [0.05, 0.1) is 14.2 Å². The van der Waals surface area contributed by atoms with Crippen LogP contribution >= 0.6 is 0 Å². The monoisotopic (exact) mass is 221 g/mol. The Hall–Kier alpha value is -1.48. The molecule has 1 unspecified atom stereocenters. The molecule has 0 saturated carbocycles. The number of methoxy groups -OCH3 is 2. The van der Waals surface area contributed by atoms with Crippen LogP contribution in [-0.2, 0) is 0 Å². The molecule has 88 valence electrons. The van der Waals surface area contributed by atoms with E-state index in [4.69, 9.17) is 15.2 Å². The van der Waals surface area contributed by atoms with Gasteiger partial charge < -0.3 is 15.2 Å². The van der Waals surface area contributed by atoms with Crippen LogP contribution in [0.4, 0.5) is 0 Å². The molecule has 16 heavy (non-hydrogen) atoms. The molecule has 0 spiro atoms. The molecule has 0 saturated heterocycles. The van der Waals surface area contributed by atoms with Gasteiger partial charge in [-0.3, -0.25) is 0 Å². The minimum Gasteiger partial charge on any atom is -0.493 e. The Morgan fingerprint density at radius 3 is 2.38 bits per heavy atom. The lowest BCUT2D eigenvalue weighted by Crippen LogP contribution is -2.15. The maximum atomic E-state index is 5.79. The fourth-order valence-electron chi connectivity index (χ4n) is 1.34. The summed E-state index contributed by atoms with van der Waals surface area (Å²) in [6, 6.07) is 5.87. The van der Waals surface area contributed by atoms with Gasteiger partial charge in [-0.15, -0.1) is 0 Å². The second kappa shape index (κ2) is 5.56. The Morgan fingerprint density at radius 1 is 1.25 bits per heavy atom. The highest BCUT2D eigenvalue weighted by atomic mass is 16.5. The van der Waals surface area contributed by atoms with Gasteiger partial charge in [-0.05, 0) is 31.5 Å². The van der Waals surface area contributed by atoms with Crippen molar-refractivity contribution in [2.24, 2.45) is 5.73 Å². The lowest BCUT2D eigenvalue weighted by atomic mass is 10.1. The summed E-state index contributed by atoms with van der Waals surface area (Å²) in [5.41, 5.74) is 7.98. The molecule has 3 heteroatoms. The number of rotatable bonds is 4. The molecule has 0 bridgehead atoms. The molecule has 0 amide bonds. The van der Waals surface area contributed by atoms with E-state index in [1.807, 2.05) is 38.1 Å². The van der Waals surface area contributed by atoms with E-state index in [2.05, 4.69) is 0 Å². The highest BCUT2D eigenvalue weighted by molar-refractivity contribution is 5.58. The minimum absolute atomic E-state index is 0.0631. The van der Waals surface area contributed by atoms with Gasteiger partial charge in [0.2, 0.25) is 0 Å². The number of nitrogens with two attached hydrogens (primary N) is 1. The standard InChI is InChI=1S/C13H19NO2/c1-9(10(2)14)7-11-5-6-12(15-3)13(8-11)16-4/h5-8,10H,14H2,1-4H3/b9-7-. The predicted molar refractivity (Wildman–Crippen MR) is 66.8 cm³/mol. The van der Waals surface area contributed by atoms with Gasteiger partial charge in [-0.2, -0.15) is 0 Å². The second-order valence-corrected chi connectivity index (χ2v) is 3.79. The third-order valence-corrected chi connectivity index (χ3v) is 2.52. The largest absolute Gasteiger partial charge is 0.493 e. The van der Waals surface area contributed by atoms with Crippen molar-refractivity contribution >= 4 is 6.08 Å². The zero-order valence-corrected chi connectivity index (χ0v) is 10.3. The molecule has 0 aliphatic rings. The Labute approximate surface area is 96.9 Å². The van der Waals surface area contributed by atoms with E-state index in [1.165, 1.54) is 0 Å². The third-order valence-electron chi connectivity index (χ3n) is 2.52. The minimum atomic E-state index is 0.0631. The molecule has 3 nitrogen and oxygen atoms in total. The van der Waals surface area contributed by atoms with Gasteiger partial charge in [0.25, 0.3) is 0 Å². The van der Waals surface area contributed by atoms with E-state index < -0.39 is 0 Å². The lowest BCUT2D eigenvalue weighted by molar-refractivity contribution is 0.355. The molecule has 0 fully saturated rings. The molecule has 1 aromatic rings.